The Morgan fingerprint density at radius 2 is 0.919 bits per heavy atom. The Kier molecular flexibility index (Phi) is 13.9. The summed E-state index contributed by atoms with van der Waals surface area (Å²) in [6, 6.07) is 21.1. The third-order valence-electron chi connectivity index (χ3n) is 10.2. The molecule has 0 unspecified atom stereocenters. The van der Waals surface area contributed by atoms with Gasteiger partial charge in [-0.15, -0.1) is 22.7 Å². The summed E-state index contributed by atoms with van der Waals surface area (Å²) in [5.74, 6) is 1.73. The molecule has 0 radical (unpaired) electrons. The maximum atomic E-state index is 13.1. The van der Waals surface area contributed by atoms with Crippen LogP contribution in [0, 0.1) is 11.6 Å². The average Bonchev–Trinajstić information content (AvgIpc) is 4.01. The van der Waals surface area contributed by atoms with E-state index in [-0.39, 0.29) is 9.79 Å². The van der Waals surface area contributed by atoms with E-state index in [9.17, 15) is 25.6 Å². The molecule has 0 atom stereocenters. The first-order valence-corrected chi connectivity index (χ1v) is 23.8. The fourth-order valence-corrected chi connectivity index (χ4v) is 11.4. The fraction of sp³-hybridized carbons (Fsp3) is 0.286. The molecule has 0 amide bonds. The molecule has 20 heteroatoms. The van der Waals surface area contributed by atoms with Crippen molar-refractivity contribution in [2.24, 2.45) is 0 Å². The van der Waals surface area contributed by atoms with Crippen molar-refractivity contribution in [3.8, 4) is 45.5 Å². The molecule has 2 fully saturated rings. The maximum absolute atomic E-state index is 13.1. The van der Waals surface area contributed by atoms with Gasteiger partial charge in [-0.25, -0.2) is 35.6 Å². The van der Waals surface area contributed by atoms with Gasteiger partial charge in [-0.1, -0.05) is 0 Å². The molecule has 4 aromatic carbocycles. The lowest BCUT2D eigenvalue weighted by molar-refractivity contribution is 0.355. The zero-order chi connectivity index (χ0) is 44.0. The van der Waals surface area contributed by atoms with Gasteiger partial charge in [-0.3, -0.25) is 0 Å². The summed E-state index contributed by atoms with van der Waals surface area (Å²) >= 11 is 3.02. The number of thiazole rings is 2. The maximum Gasteiger partial charge on any atom is 0.243 e. The molecule has 0 saturated carbocycles. The van der Waals surface area contributed by atoms with Crippen molar-refractivity contribution in [2.75, 3.05) is 90.6 Å². The van der Waals surface area contributed by atoms with Crippen molar-refractivity contribution in [3.05, 3.63) is 107 Å². The Bertz CT molecular complexity index is 2660. The van der Waals surface area contributed by atoms with Crippen LogP contribution in [-0.4, -0.2) is 116 Å². The molecular formula is C42H44F2N6O8S4. The number of hydrogen-bond acceptors (Lipinski definition) is 14. The molecule has 2 aliphatic rings. The fourth-order valence-electron chi connectivity index (χ4n) is 6.79. The van der Waals surface area contributed by atoms with E-state index < -0.39 is 31.7 Å². The zero-order valence-corrected chi connectivity index (χ0v) is 37.5. The van der Waals surface area contributed by atoms with E-state index in [0.29, 0.717) is 75.4 Å². The van der Waals surface area contributed by atoms with E-state index in [1.54, 1.807) is 34.5 Å². The normalized spacial score (nSPS) is 15.1. The second-order valence-electron chi connectivity index (χ2n) is 13.9. The van der Waals surface area contributed by atoms with E-state index in [1.165, 1.54) is 55.5 Å². The van der Waals surface area contributed by atoms with Crippen LogP contribution >= 0.6 is 22.7 Å². The number of hydrogen-bond donors (Lipinski definition) is 0. The number of methoxy groups -OCH3 is 4. The second-order valence-corrected chi connectivity index (χ2v) is 19.4. The summed E-state index contributed by atoms with van der Waals surface area (Å²) in [5, 5.41) is 5.60. The lowest BCUT2D eigenvalue weighted by Gasteiger charge is -2.33. The Morgan fingerprint density at radius 1 is 0.500 bits per heavy atom. The monoisotopic (exact) mass is 926 g/mol. The van der Waals surface area contributed by atoms with Crippen molar-refractivity contribution in [1.82, 2.24) is 18.6 Å². The predicted octanol–water partition coefficient (Wildman–Crippen LogP) is 6.95. The molecule has 328 valence electrons. The molecule has 2 saturated heterocycles. The van der Waals surface area contributed by atoms with Crippen LogP contribution in [0.25, 0.3) is 22.5 Å². The largest absolute Gasteiger partial charge is 0.497 e. The molecule has 2 aliphatic heterocycles. The van der Waals surface area contributed by atoms with Gasteiger partial charge in [0.2, 0.25) is 20.0 Å². The summed E-state index contributed by atoms with van der Waals surface area (Å²) in [6.45, 7) is 3.45. The number of anilines is 2. The summed E-state index contributed by atoms with van der Waals surface area (Å²) < 4.78 is 102. The third kappa shape index (κ3) is 9.95. The predicted molar refractivity (Wildman–Crippen MR) is 236 cm³/mol. The van der Waals surface area contributed by atoms with Gasteiger partial charge in [0.1, 0.15) is 23.1 Å². The quantitative estimate of drug-likeness (QED) is 0.125. The standard InChI is InChI=1S/2C21H22FN3O4S2/c1-28-19-8-3-15(13-20(19)29-2)18-14-30-21(23-18)24-9-11-25(12-10-24)31(26,27)17-6-4-16(22)5-7-17;1-28-17-11-15(12-18(13-17)29-2)20-14-30-21(23-20)24-7-9-25(10-8-24)31(26,27)19-5-3-16(22)4-6-19/h3-8,13-14H,9-12H2,1-2H3;3-6,11-14H,7-10H2,1-2H3. The van der Waals surface area contributed by atoms with Crippen LogP contribution < -0.4 is 28.7 Å². The Hall–Kier alpha value is -5.38. The van der Waals surface area contributed by atoms with Crippen molar-refractivity contribution in [2.45, 2.75) is 9.79 Å². The molecule has 0 spiro atoms. The molecule has 2 aromatic heterocycles. The summed E-state index contributed by atoms with van der Waals surface area (Å²) in [7, 11) is -0.896. The topological polar surface area (TPSA) is 144 Å². The van der Waals surface area contributed by atoms with Gasteiger partial charge in [0.05, 0.1) is 49.6 Å². The number of ether oxygens (including phenoxy) is 4. The number of aromatic nitrogens is 2. The van der Waals surface area contributed by atoms with Crippen LogP contribution in [0.4, 0.5) is 19.0 Å². The van der Waals surface area contributed by atoms with Crippen molar-refractivity contribution >= 4 is 53.0 Å². The molecule has 8 rings (SSSR count). The van der Waals surface area contributed by atoms with Crippen LogP contribution in [0.1, 0.15) is 0 Å². The highest BCUT2D eigenvalue weighted by atomic mass is 32.2. The van der Waals surface area contributed by atoms with E-state index in [4.69, 9.17) is 28.9 Å². The van der Waals surface area contributed by atoms with Crippen LogP contribution in [0.2, 0.25) is 0 Å². The number of sulfonamides is 2. The van der Waals surface area contributed by atoms with Gasteiger partial charge < -0.3 is 28.7 Å². The number of halogens is 2. The highest BCUT2D eigenvalue weighted by Crippen LogP contribution is 2.36. The molecule has 0 bridgehead atoms. The Morgan fingerprint density at radius 3 is 1.32 bits per heavy atom. The van der Waals surface area contributed by atoms with Gasteiger partial charge in [-0.05, 0) is 78.9 Å². The van der Waals surface area contributed by atoms with Gasteiger partial charge in [0.25, 0.3) is 0 Å². The van der Waals surface area contributed by atoms with E-state index in [1.807, 2.05) is 41.1 Å². The summed E-state index contributed by atoms with van der Waals surface area (Å²) in [6.07, 6.45) is 0. The van der Waals surface area contributed by atoms with Crippen LogP contribution in [0.3, 0.4) is 0 Å². The highest BCUT2D eigenvalue weighted by molar-refractivity contribution is 7.89. The highest BCUT2D eigenvalue weighted by Gasteiger charge is 2.31. The average molecular weight is 927 g/mol. The molecule has 62 heavy (non-hydrogen) atoms. The summed E-state index contributed by atoms with van der Waals surface area (Å²) in [5.41, 5.74) is 3.43. The molecule has 4 heterocycles. The van der Waals surface area contributed by atoms with Crippen LogP contribution in [-0.2, 0) is 20.0 Å². The zero-order valence-electron chi connectivity index (χ0n) is 34.2. The minimum Gasteiger partial charge on any atom is -0.497 e. The van der Waals surface area contributed by atoms with Crippen LogP contribution in [0.15, 0.2) is 105 Å². The van der Waals surface area contributed by atoms with Crippen LogP contribution in [0.5, 0.6) is 23.0 Å². The minimum atomic E-state index is -3.64. The van der Waals surface area contributed by atoms with Gasteiger partial charge in [0.15, 0.2) is 21.8 Å². The number of rotatable bonds is 12. The molecule has 6 aromatic rings. The van der Waals surface area contributed by atoms with Gasteiger partial charge in [-0.2, -0.15) is 8.61 Å². The number of piperazine rings is 2. The number of benzene rings is 4. The molecule has 0 N–H and O–H groups in total. The molecular weight excluding hydrogens is 883 g/mol. The van der Waals surface area contributed by atoms with Crippen molar-refractivity contribution in [3.63, 3.8) is 0 Å². The van der Waals surface area contributed by atoms with E-state index in [0.717, 1.165) is 57.0 Å². The first kappa shape index (κ1) is 44.7. The number of nitrogens with zero attached hydrogens (tertiary/aromatic N) is 6. The second kappa shape index (κ2) is 19.3. The summed E-state index contributed by atoms with van der Waals surface area (Å²) in [4.78, 5) is 13.8. The Balaban J connectivity index is 0.000000186. The Labute approximate surface area is 367 Å². The van der Waals surface area contributed by atoms with Gasteiger partial charge >= 0.3 is 0 Å². The molecule has 0 aliphatic carbocycles. The lowest BCUT2D eigenvalue weighted by Crippen LogP contribution is -2.48. The smallest absolute Gasteiger partial charge is 0.243 e. The first-order valence-electron chi connectivity index (χ1n) is 19.2. The van der Waals surface area contributed by atoms with E-state index in [2.05, 4.69) is 9.80 Å². The minimum absolute atomic E-state index is 0.103. The lowest BCUT2D eigenvalue weighted by atomic mass is 10.1. The van der Waals surface area contributed by atoms with Crippen molar-refractivity contribution in [1.29, 1.82) is 0 Å². The SMILES string of the molecule is COc1cc(OC)cc(-c2csc(N3CCN(S(=O)(=O)c4ccc(F)cc4)CC3)n2)c1.COc1ccc(-c2csc(N3CCN(S(=O)(=O)c4ccc(F)cc4)CC3)n2)cc1OC. The van der Waals surface area contributed by atoms with Crippen molar-refractivity contribution < 1.29 is 44.6 Å². The third-order valence-corrected chi connectivity index (χ3v) is 15.9. The first-order chi connectivity index (χ1) is 29.8. The molecule has 14 nitrogen and oxygen atoms in total. The van der Waals surface area contributed by atoms with Gasteiger partial charge in [0, 0.05) is 80.3 Å². The van der Waals surface area contributed by atoms with E-state index >= 15 is 0 Å².